The SMILES string of the molecule is C=C[C@@H]1C[C@]1(NC(=O)[C@@H]1C[C@@H]2CN1C(=O)[C@H](C(C)(C)C)NC(=O)[C@@H](NC(=O)OC(C)(C)C)COC/C=C/c1cccc3c1CN(C3)C(=O)O2)C(=O)NS(=O)(=O)C1CC1. The molecule has 2 saturated carbocycles. The first-order chi connectivity index (χ1) is 27.1. The monoisotopic (exact) mass is 826 g/mol. The molecule has 18 heteroatoms. The maximum absolute atomic E-state index is 14.7. The Morgan fingerprint density at radius 3 is 2.43 bits per heavy atom. The lowest BCUT2D eigenvalue weighted by atomic mass is 9.85. The number of nitrogens with zero attached hydrogens (tertiary/aromatic N) is 2. The summed E-state index contributed by atoms with van der Waals surface area (Å²) < 4.78 is 44.8. The number of rotatable bonds is 7. The molecular formula is C40H54N6O11S. The molecule has 316 valence electrons. The van der Waals surface area contributed by atoms with E-state index in [-0.39, 0.29) is 45.7 Å². The number of hydrogen-bond acceptors (Lipinski definition) is 11. The van der Waals surface area contributed by atoms with Gasteiger partial charge in [-0.3, -0.25) is 28.8 Å². The fraction of sp³-hybridized carbons (Fsp3) is 0.600. The summed E-state index contributed by atoms with van der Waals surface area (Å²) in [5, 5.41) is 7.36. The van der Waals surface area contributed by atoms with E-state index in [2.05, 4.69) is 27.3 Å². The molecule has 0 spiro atoms. The molecule has 2 aliphatic carbocycles. The van der Waals surface area contributed by atoms with E-state index < -0.39 is 97.8 Å². The molecule has 4 N–H and O–H groups in total. The zero-order valence-corrected chi connectivity index (χ0v) is 34.6. The number of benzene rings is 1. The second kappa shape index (κ2) is 16.0. The molecule has 1 aromatic rings. The van der Waals surface area contributed by atoms with Crippen molar-refractivity contribution in [3.63, 3.8) is 0 Å². The van der Waals surface area contributed by atoms with E-state index in [0.29, 0.717) is 12.8 Å². The lowest BCUT2D eigenvalue weighted by Gasteiger charge is -2.36. The first kappa shape index (κ1) is 42.6. The van der Waals surface area contributed by atoms with Crippen molar-refractivity contribution in [1.82, 2.24) is 30.5 Å². The van der Waals surface area contributed by atoms with Gasteiger partial charge in [-0.25, -0.2) is 18.0 Å². The van der Waals surface area contributed by atoms with Gasteiger partial charge in [0.2, 0.25) is 27.7 Å². The van der Waals surface area contributed by atoms with Gasteiger partial charge in [0.25, 0.3) is 5.91 Å². The van der Waals surface area contributed by atoms with Crippen LogP contribution in [0.4, 0.5) is 9.59 Å². The van der Waals surface area contributed by atoms with Gasteiger partial charge in [-0.15, -0.1) is 6.58 Å². The second-order valence-corrected chi connectivity index (χ2v) is 19.7. The molecule has 0 aromatic heterocycles. The molecule has 0 unspecified atom stereocenters. The summed E-state index contributed by atoms with van der Waals surface area (Å²) in [6, 6.07) is 1.77. The van der Waals surface area contributed by atoms with Crippen molar-refractivity contribution < 1.29 is 51.4 Å². The molecule has 3 heterocycles. The zero-order chi connectivity index (χ0) is 42.4. The van der Waals surface area contributed by atoms with E-state index in [1.54, 1.807) is 47.6 Å². The maximum Gasteiger partial charge on any atom is 0.410 e. The van der Waals surface area contributed by atoms with Gasteiger partial charge in [0.1, 0.15) is 35.4 Å². The van der Waals surface area contributed by atoms with Gasteiger partial charge < -0.3 is 35.1 Å². The summed E-state index contributed by atoms with van der Waals surface area (Å²) in [6.45, 7) is 14.0. The van der Waals surface area contributed by atoms with Crippen molar-refractivity contribution in [2.75, 3.05) is 19.8 Å². The molecule has 3 aliphatic heterocycles. The van der Waals surface area contributed by atoms with Gasteiger partial charge in [0, 0.05) is 18.9 Å². The molecule has 5 aliphatic rings. The average molecular weight is 827 g/mol. The van der Waals surface area contributed by atoms with Crippen LogP contribution in [0, 0.1) is 11.3 Å². The predicted molar refractivity (Wildman–Crippen MR) is 210 cm³/mol. The van der Waals surface area contributed by atoms with Crippen LogP contribution in [0.3, 0.4) is 0 Å². The predicted octanol–water partition coefficient (Wildman–Crippen LogP) is 2.25. The van der Waals surface area contributed by atoms with Gasteiger partial charge >= 0.3 is 12.2 Å². The van der Waals surface area contributed by atoms with E-state index in [1.807, 2.05) is 24.3 Å². The topological polar surface area (TPSA) is 219 Å². The van der Waals surface area contributed by atoms with E-state index in [0.717, 1.165) is 16.7 Å². The van der Waals surface area contributed by atoms with Crippen LogP contribution in [0.5, 0.6) is 0 Å². The number of hydrogen-bond donors (Lipinski definition) is 4. The molecule has 17 nitrogen and oxygen atoms in total. The Bertz CT molecular complexity index is 2000. The normalized spacial score (nSPS) is 28.5. The summed E-state index contributed by atoms with van der Waals surface area (Å²) in [6.07, 6.45) is 3.31. The standard InChI is InChI=1S/C40H54N6O11S/c1-8-25-18-40(25,35(50)44-58(53,54)27-14-15-27)43-33(48)30-17-26-20-46(30)34(49)31(38(2,3)4)42-32(47)29(41-36(51)57-39(5,6)7)22-55-16-10-13-23-11-9-12-24-19-45(21-28(23)24)37(52)56-26/h8-13,25-27,29-31H,1,14-22H2,2-7H3,(H,41,51)(H,42,47)(H,43,48)(H,44,50)/b13-10+/t25-,26-,29+,30+,31-,40-/m1/s1. The number of carbonyl (C=O) groups excluding carboxylic acids is 6. The number of carbonyl (C=O) groups is 6. The van der Waals surface area contributed by atoms with Crippen LogP contribution in [0.2, 0.25) is 0 Å². The summed E-state index contributed by atoms with van der Waals surface area (Å²) in [7, 11) is -3.96. The molecule has 1 saturated heterocycles. The molecular weight excluding hydrogens is 773 g/mol. The average Bonchev–Trinajstić information content (AvgIpc) is 4.01. The van der Waals surface area contributed by atoms with Crippen molar-refractivity contribution in [1.29, 1.82) is 0 Å². The van der Waals surface area contributed by atoms with Crippen molar-refractivity contribution in [2.24, 2.45) is 11.3 Å². The van der Waals surface area contributed by atoms with Gasteiger partial charge in [-0.1, -0.05) is 57.2 Å². The number of nitrogens with one attached hydrogen (secondary N) is 4. The Balaban J connectivity index is 1.32. The Morgan fingerprint density at radius 2 is 1.79 bits per heavy atom. The quantitative estimate of drug-likeness (QED) is 0.292. The molecule has 6 rings (SSSR count). The van der Waals surface area contributed by atoms with E-state index >= 15 is 0 Å². The van der Waals surface area contributed by atoms with Crippen LogP contribution in [0.25, 0.3) is 6.08 Å². The zero-order valence-electron chi connectivity index (χ0n) is 33.8. The highest BCUT2D eigenvalue weighted by atomic mass is 32.2. The minimum Gasteiger partial charge on any atom is -0.444 e. The van der Waals surface area contributed by atoms with Crippen LogP contribution >= 0.6 is 0 Å². The van der Waals surface area contributed by atoms with Crippen molar-refractivity contribution in [3.8, 4) is 0 Å². The smallest absolute Gasteiger partial charge is 0.410 e. The number of alkyl carbamates (subject to hydrolysis) is 1. The third-order valence-corrected chi connectivity index (χ3v) is 12.7. The van der Waals surface area contributed by atoms with Crippen LogP contribution < -0.4 is 20.7 Å². The lowest BCUT2D eigenvalue weighted by molar-refractivity contribution is -0.145. The largest absolute Gasteiger partial charge is 0.444 e. The molecule has 58 heavy (non-hydrogen) atoms. The van der Waals surface area contributed by atoms with E-state index in [4.69, 9.17) is 14.2 Å². The Labute approximate surface area is 338 Å². The van der Waals surface area contributed by atoms with Crippen LogP contribution in [0.1, 0.15) is 83.9 Å². The maximum atomic E-state index is 14.7. The van der Waals surface area contributed by atoms with Gasteiger partial charge in [-0.2, -0.15) is 0 Å². The summed E-state index contributed by atoms with van der Waals surface area (Å²) in [4.78, 5) is 86.0. The van der Waals surface area contributed by atoms with Crippen LogP contribution in [-0.2, 0) is 56.5 Å². The third-order valence-electron chi connectivity index (χ3n) is 10.8. The van der Waals surface area contributed by atoms with E-state index in [9.17, 15) is 37.2 Å². The Hall–Kier alpha value is -4.97. The molecule has 1 aromatic carbocycles. The molecule has 4 bridgehead atoms. The summed E-state index contributed by atoms with van der Waals surface area (Å²) in [5.41, 5.74) is -0.827. The first-order valence-electron chi connectivity index (χ1n) is 19.5. The highest BCUT2D eigenvalue weighted by Crippen LogP contribution is 2.45. The lowest BCUT2D eigenvalue weighted by Crippen LogP contribution is -2.62. The fourth-order valence-corrected chi connectivity index (χ4v) is 8.83. The van der Waals surface area contributed by atoms with Crippen molar-refractivity contribution in [3.05, 3.63) is 53.6 Å². The first-order valence-corrected chi connectivity index (χ1v) is 21.1. The third kappa shape index (κ3) is 9.49. The Kier molecular flexibility index (Phi) is 11.8. The van der Waals surface area contributed by atoms with Crippen LogP contribution in [0.15, 0.2) is 36.9 Å². The minimum absolute atomic E-state index is 0.0574. The number of amides is 6. The number of fused-ring (bicyclic) bond motifs is 3. The molecule has 6 atom stereocenters. The summed E-state index contributed by atoms with van der Waals surface area (Å²) in [5.74, 6) is -3.73. The van der Waals surface area contributed by atoms with Gasteiger partial charge in [0.05, 0.1) is 31.6 Å². The molecule has 6 amide bonds. The highest BCUT2D eigenvalue weighted by molar-refractivity contribution is 7.91. The second-order valence-electron chi connectivity index (χ2n) is 17.7. The number of sulfonamides is 1. The van der Waals surface area contributed by atoms with Crippen molar-refractivity contribution >= 4 is 51.9 Å². The van der Waals surface area contributed by atoms with Crippen molar-refractivity contribution in [2.45, 2.75) is 121 Å². The minimum atomic E-state index is -3.96. The van der Waals surface area contributed by atoms with Gasteiger partial charge in [0.15, 0.2) is 0 Å². The van der Waals surface area contributed by atoms with Crippen LogP contribution in [-0.4, -0.2) is 114 Å². The number of ether oxygens (including phenoxy) is 3. The van der Waals surface area contributed by atoms with E-state index in [1.165, 1.54) is 15.9 Å². The molecule has 3 fully saturated rings. The Morgan fingerprint density at radius 1 is 1.07 bits per heavy atom. The fourth-order valence-electron chi connectivity index (χ4n) is 7.46. The van der Waals surface area contributed by atoms with Gasteiger partial charge in [-0.05, 0) is 62.1 Å². The highest BCUT2D eigenvalue weighted by Gasteiger charge is 2.62. The summed E-state index contributed by atoms with van der Waals surface area (Å²) >= 11 is 0. The molecule has 0 radical (unpaired) electrons.